The van der Waals surface area contributed by atoms with Crippen LogP contribution in [-0.2, 0) is 9.53 Å². The van der Waals surface area contributed by atoms with Crippen molar-refractivity contribution in [2.45, 2.75) is 18.4 Å². The van der Waals surface area contributed by atoms with Crippen molar-refractivity contribution in [3.63, 3.8) is 0 Å². The van der Waals surface area contributed by atoms with Gasteiger partial charge in [0.2, 0.25) is 0 Å². The molecule has 110 valence electrons. The molecule has 1 aliphatic rings. The van der Waals surface area contributed by atoms with E-state index in [9.17, 15) is 4.79 Å². The number of benzene rings is 2. The SMILES string of the molecule is COC(=O)C(N)(COc1cccc2ccccc12)C1CC1. The molecule has 0 heterocycles. The molecule has 0 radical (unpaired) electrons. The molecule has 0 aromatic heterocycles. The second kappa shape index (κ2) is 5.37. The van der Waals surface area contributed by atoms with E-state index in [0.29, 0.717) is 0 Å². The first kappa shape index (κ1) is 13.9. The zero-order valence-corrected chi connectivity index (χ0v) is 12.0. The van der Waals surface area contributed by atoms with Gasteiger partial charge in [0.05, 0.1) is 7.11 Å². The van der Waals surface area contributed by atoms with Crippen molar-refractivity contribution in [2.24, 2.45) is 11.7 Å². The first-order chi connectivity index (χ1) is 10.1. The Kier molecular flexibility index (Phi) is 3.55. The zero-order chi connectivity index (χ0) is 14.9. The summed E-state index contributed by atoms with van der Waals surface area (Å²) in [7, 11) is 1.37. The van der Waals surface area contributed by atoms with Crippen LogP contribution in [0.1, 0.15) is 12.8 Å². The maximum atomic E-state index is 12.0. The predicted molar refractivity (Wildman–Crippen MR) is 81.1 cm³/mol. The fourth-order valence-electron chi connectivity index (χ4n) is 2.65. The Hall–Kier alpha value is -2.07. The summed E-state index contributed by atoms with van der Waals surface area (Å²) >= 11 is 0. The molecule has 3 rings (SSSR count). The van der Waals surface area contributed by atoms with Gasteiger partial charge < -0.3 is 15.2 Å². The van der Waals surface area contributed by atoms with Gasteiger partial charge in [0, 0.05) is 5.39 Å². The topological polar surface area (TPSA) is 61.5 Å². The molecule has 2 N–H and O–H groups in total. The maximum Gasteiger partial charge on any atom is 0.329 e. The Balaban J connectivity index is 1.84. The van der Waals surface area contributed by atoms with Gasteiger partial charge in [-0.25, -0.2) is 4.79 Å². The van der Waals surface area contributed by atoms with Crippen LogP contribution >= 0.6 is 0 Å². The van der Waals surface area contributed by atoms with E-state index >= 15 is 0 Å². The summed E-state index contributed by atoms with van der Waals surface area (Å²) in [5.74, 6) is 0.498. The fraction of sp³-hybridized carbons (Fsp3) is 0.353. The molecule has 4 heteroatoms. The highest BCUT2D eigenvalue weighted by Gasteiger charge is 2.49. The molecule has 0 bridgehead atoms. The lowest BCUT2D eigenvalue weighted by atomic mass is 9.96. The highest BCUT2D eigenvalue weighted by molar-refractivity contribution is 5.88. The molecule has 1 atom stereocenters. The Labute approximate surface area is 123 Å². The number of ether oxygens (including phenoxy) is 2. The second-order valence-corrected chi connectivity index (χ2v) is 5.57. The number of fused-ring (bicyclic) bond motifs is 1. The minimum Gasteiger partial charge on any atom is -0.490 e. The molecule has 1 unspecified atom stereocenters. The molecule has 1 fully saturated rings. The van der Waals surface area contributed by atoms with Crippen LogP contribution in [-0.4, -0.2) is 25.2 Å². The van der Waals surface area contributed by atoms with Gasteiger partial charge in [-0.05, 0) is 30.2 Å². The smallest absolute Gasteiger partial charge is 0.329 e. The van der Waals surface area contributed by atoms with Crippen LogP contribution in [0.4, 0.5) is 0 Å². The lowest BCUT2D eigenvalue weighted by Crippen LogP contribution is -2.55. The summed E-state index contributed by atoms with van der Waals surface area (Å²) in [6, 6.07) is 13.8. The van der Waals surface area contributed by atoms with Gasteiger partial charge in [0.15, 0.2) is 5.54 Å². The van der Waals surface area contributed by atoms with Crippen LogP contribution in [0.15, 0.2) is 42.5 Å². The zero-order valence-electron chi connectivity index (χ0n) is 12.0. The van der Waals surface area contributed by atoms with E-state index in [1.807, 2.05) is 42.5 Å². The normalized spacial score (nSPS) is 17.2. The molecule has 0 spiro atoms. The van der Waals surface area contributed by atoms with Crippen molar-refractivity contribution in [1.29, 1.82) is 0 Å². The third-order valence-electron chi connectivity index (χ3n) is 4.09. The Morgan fingerprint density at radius 2 is 1.95 bits per heavy atom. The van der Waals surface area contributed by atoms with Crippen LogP contribution < -0.4 is 10.5 Å². The Bertz CT molecular complexity index is 661. The molecule has 0 aliphatic heterocycles. The number of nitrogens with two attached hydrogens (primary N) is 1. The standard InChI is InChI=1S/C17H19NO3/c1-20-16(19)17(18,13-9-10-13)11-21-15-8-4-6-12-5-2-3-7-14(12)15/h2-8,13H,9-11,18H2,1H3. The number of carbonyl (C=O) groups excluding carboxylic acids is 1. The predicted octanol–water partition coefficient (Wildman–Crippen LogP) is 2.50. The fourth-order valence-corrected chi connectivity index (χ4v) is 2.65. The molecule has 2 aromatic rings. The summed E-state index contributed by atoms with van der Waals surface area (Å²) in [6.45, 7) is 0.137. The highest BCUT2D eigenvalue weighted by atomic mass is 16.5. The second-order valence-electron chi connectivity index (χ2n) is 5.57. The maximum absolute atomic E-state index is 12.0. The minimum atomic E-state index is -1.05. The third kappa shape index (κ3) is 2.59. The van der Waals surface area contributed by atoms with Crippen LogP contribution in [0.5, 0.6) is 5.75 Å². The average molecular weight is 285 g/mol. The molecule has 0 saturated heterocycles. The average Bonchev–Trinajstić information content (AvgIpc) is 3.37. The van der Waals surface area contributed by atoms with Crippen molar-refractivity contribution >= 4 is 16.7 Å². The van der Waals surface area contributed by atoms with Crippen LogP contribution in [0.25, 0.3) is 10.8 Å². The van der Waals surface area contributed by atoms with Gasteiger partial charge in [-0.1, -0.05) is 36.4 Å². The Morgan fingerprint density at radius 3 is 2.67 bits per heavy atom. The lowest BCUT2D eigenvalue weighted by molar-refractivity contribution is -0.149. The molecular formula is C17H19NO3. The van der Waals surface area contributed by atoms with Crippen molar-refractivity contribution in [3.8, 4) is 5.75 Å². The molecule has 1 saturated carbocycles. The first-order valence-corrected chi connectivity index (χ1v) is 7.13. The van der Waals surface area contributed by atoms with Crippen molar-refractivity contribution in [3.05, 3.63) is 42.5 Å². The number of carbonyl (C=O) groups is 1. The third-order valence-corrected chi connectivity index (χ3v) is 4.09. The van der Waals surface area contributed by atoms with Gasteiger partial charge >= 0.3 is 5.97 Å². The van der Waals surface area contributed by atoms with E-state index < -0.39 is 11.5 Å². The number of hydrogen-bond donors (Lipinski definition) is 1. The van der Waals surface area contributed by atoms with Crippen LogP contribution in [0.2, 0.25) is 0 Å². The molecule has 2 aromatic carbocycles. The molecule has 0 amide bonds. The largest absolute Gasteiger partial charge is 0.490 e. The highest BCUT2D eigenvalue weighted by Crippen LogP contribution is 2.39. The van der Waals surface area contributed by atoms with E-state index in [1.165, 1.54) is 7.11 Å². The summed E-state index contributed by atoms with van der Waals surface area (Å²) in [4.78, 5) is 12.0. The quantitative estimate of drug-likeness (QED) is 0.857. The summed E-state index contributed by atoms with van der Waals surface area (Å²) in [6.07, 6.45) is 1.90. The summed E-state index contributed by atoms with van der Waals surface area (Å²) in [5.41, 5.74) is 5.20. The molecule has 21 heavy (non-hydrogen) atoms. The van der Waals surface area contributed by atoms with Crippen molar-refractivity contribution in [2.75, 3.05) is 13.7 Å². The Morgan fingerprint density at radius 1 is 1.24 bits per heavy atom. The number of rotatable bonds is 5. The van der Waals surface area contributed by atoms with Crippen molar-refractivity contribution in [1.82, 2.24) is 0 Å². The molecular weight excluding hydrogens is 266 g/mol. The molecule has 4 nitrogen and oxygen atoms in total. The van der Waals surface area contributed by atoms with Gasteiger partial charge in [0.1, 0.15) is 12.4 Å². The van der Waals surface area contributed by atoms with E-state index in [0.717, 1.165) is 29.4 Å². The van der Waals surface area contributed by atoms with Gasteiger partial charge in [-0.15, -0.1) is 0 Å². The molecule has 1 aliphatic carbocycles. The monoisotopic (exact) mass is 285 g/mol. The summed E-state index contributed by atoms with van der Waals surface area (Å²) < 4.78 is 10.7. The van der Waals surface area contributed by atoms with E-state index in [1.54, 1.807) is 0 Å². The summed E-state index contributed by atoms with van der Waals surface area (Å²) in [5, 5.41) is 2.12. The number of hydrogen-bond acceptors (Lipinski definition) is 4. The van der Waals surface area contributed by atoms with Gasteiger partial charge in [-0.2, -0.15) is 0 Å². The first-order valence-electron chi connectivity index (χ1n) is 7.13. The lowest BCUT2D eigenvalue weighted by Gasteiger charge is -2.26. The van der Waals surface area contributed by atoms with E-state index in [-0.39, 0.29) is 12.5 Å². The van der Waals surface area contributed by atoms with Gasteiger partial charge in [0.25, 0.3) is 0 Å². The van der Waals surface area contributed by atoms with Crippen molar-refractivity contribution < 1.29 is 14.3 Å². The van der Waals surface area contributed by atoms with Crippen LogP contribution in [0, 0.1) is 5.92 Å². The van der Waals surface area contributed by atoms with Gasteiger partial charge in [-0.3, -0.25) is 0 Å². The minimum absolute atomic E-state index is 0.137. The van der Waals surface area contributed by atoms with Crippen LogP contribution in [0.3, 0.4) is 0 Å². The number of methoxy groups -OCH3 is 1. The van der Waals surface area contributed by atoms with E-state index in [2.05, 4.69) is 0 Å². The van der Waals surface area contributed by atoms with E-state index in [4.69, 9.17) is 15.2 Å². The number of esters is 1.